The van der Waals surface area contributed by atoms with Crippen molar-refractivity contribution < 1.29 is 4.90 Å². The summed E-state index contributed by atoms with van der Waals surface area (Å²) in [7, 11) is 4.36. The zero-order chi connectivity index (χ0) is 11.1. The molecule has 2 unspecified atom stereocenters. The van der Waals surface area contributed by atoms with Crippen molar-refractivity contribution in [2.24, 2.45) is 11.8 Å². The molecule has 1 N–H and O–H groups in total. The van der Waals surface area contributed by atoms with Gasteiger partial charge in [0.15, 0.2) is 5.69 Å². The minimum atomic E-state index is 0.919. The van der Waals surface area contributed by atoms with E-state index in [9.17, 15) is 0 Å². The molecule has 0 amide bonds. The first-order chi connectivity index (χ1) is 7.74. The minimum absolute atomic E-state index is 0.919. The van der Waals surface area contributed by atoms with Crippen LogP contribution in [0.5, 0.6) is 0 Å². The molecule has 2 atom stereocenters. The highest BCUT2D eigenvalue weighted by Crippen LogP contribution is 2.52. The van der Waals surface area contributed by atoms with Gasteiger partial charge < -0.3 is 4.90 Å². The molecule has 3 rings (SSSR count). The third-order valence-corrected chi connectivity index (χ3v) is 4.38. The fraction of sp³-hybridized carbons (Fsp3) is 0.533. The van der Waals surface area contributed by atoms with Crippen molar-refractivity contribution in [2.75, 3.05) is 14.1 Å². The molecular weight excluding hydrogens is 194 g/mol. The van der Waals surface area contributed by atoms with Gasteiger partial charge in [-0.1, -0.05) is 0 Å². The number of hydrogen-bond donors (Lipinski definition) is 1. The van der Waals surface area contributed by atoms with Gasteiger partial charge in [-0.15, -0.1) is 0 Å². The molecule has 2 saturated carbocycles. The fourth-order valence-corrected chi connectivity index (χ4v) is 3.43. The lowest BCUT2D eigenvalue weighted by atomic mass is 9.83. The van der Waals surface area contributed by atoms with E-state index in [-0.39, 0.29) is 0 Å². The van der Waals surface area contributed by atoms with Crippen LogP contribution in [0.3, 0.4) is 0 Å². The van der Waals surface area contributed by atoms with Crippen LogP contribution in [0.1, 0.15) is 31.2 Å². The van der Waals surface area contributed by atoms with Crippen molar-refractivity contribution in [3.05, 3.63) is 35.7 Å². The standard InChI is InChI=1S/C15H20N/c1-16(2)14-7-5-12(6-8-14)15-10-11-3-4-13(15)9-11/h5-8,11,13H,3-4,9-10H2,1-2H3/q+1/p+1. The Bertz CT molecular complexity index is 366. The number of benzene rings is 1. The second kappa shape index (κ2) is 3.81. The van der Waals surface area contributed by atoms with E-state index in [1.807, 2.05) is 0 Å². The van der Waals surface area contributed by atoms with Gasteiger partial charge in [0.1, 0.15) is 5.56 Å². The Kier molecular flexibility index (Phi) is 2.44. The largest absolute Gasteiger partial charge is 0.305 e. The number of fused-ring (bicyclic) bond motifs is 2. The monoisotopic (exact) mass is 215 g/mol. The van der Waals surface area contributed by atoms with Crippen LogP contribution in [-0.4, -0.2) is 14.1 Å². The number of quaternary nitrogens is 1. The second-order valence-corrected chi connectivity index (χ2v) is 5.68. The van der Waals surface area contributed by atoms with Crippen LogP contribution in [0, 0.1) is 17.8 Å². The maximum Gasteiger partial charge on any atom is 0.157 e. The lowest BCUT2D eigenvalue weighted by Gasteiger charge is -2.16. The minimum Gasteiger partial charge on any atom is -0.305 e. The number of hydrogen-bond acceptors (Lipinski definition) is 0. The van der Waals surface area contributed by atoms with E-state index in [0.717, 1.165) is 11.8 Å². The molecule has 84 valence electrons. The third-order valence-electron chi connectivity index (χ3n) is 4.38. The molecule has 1 aromatic rings. The Labute approximate surface area is 98.5 Å². The van der Waals surface area contributed by atoms with E-state index in [0.29, 0.717) is 0 Å². The van der Waals surface area contributed by atoms with Crippen LogP contribution < -0.4 is 4.90 Å². The molecule has 2 fully saturated rings. The highest BCUT2D eigenvalue weighted by atomic mass is 15.1. The molecule has 2 aliphatic carbocycles. The Hall–Kier alpha value is -0.950. The quantitative estimate of drug-likeness (QED) is 0.721. The molecule has 2 bridgehead atoms. The van der Waals surface area contributed by atoms with Gasteiger partial charge in [0.25, 0.3) is 0 Å². The van der Waals surface area contributed by atoms with Crippen molar-refractivity contribution in [1.82, 2.24) is 0 Å². The third kappa shape index (κ3) is 1.63. The smallest absolute Gasteiger partial charge is 0.157 e. The molecule has 0 heterocycles. The first-order valence-electron chi connectivity index (χ1n) is 6.50. The summed E-state index contributed by atoms with van der Waals surface area (Å²) in [5, 5.41) is 0. The summed E-state index contributed by atoms with van der Waals surface area (Å²) >= 11 is 0. The van der Waals surface area contributed by atoms with Crippen molar-refractivity contribution in [1.29, 1.82) is 0 Å². The summed E-state index contributed by atoms with van der Waals surface area (Å²) in [6.07, 6.45) is 5.77. The molecule has 1 aromatic carbocycles. The Morgan fingerprint density at radius 3 is 2.38 bits per heavy atom. The van der Waals surface area contributed by atoms with Crippen molar-refractivity contribution in [3.63, 3.8) is 0 Å². The van der Waals surface area contributed by atoms with Crippen LogP contribution in [0.15, 0.2) is 24.3 Å². The maximum absolute atomic E-state index is 2.33. The molecule has 0 radical (unpaired) electrons. The summed E-state index contributed by atoms with van der Waals surface area (Å²) < 4.78 is 0. The molecule has 0 spiro atoms. The van der Waals surface area contributed by atoms with Gasteiger partial charge in [-0.2, -0.15) is 0 Å². The fourth-order valence-electron chi connectivity index (χ4n) is 3.43. The number of nitrogens with one attached hydrogen (secondary N) is 1. The molecule has 0 aromatic heterocycles. The predicted octanol–water partition coefficient (Wildman–Crippen LogP) is 2.21. The van der Waals surface area contributed by atoms with Crippen LogP contribution in [0.25, 0.3) is 0 Å². The molecule has 2 aliphatic rings. The average Bonchev–Trinajstić information content (AvgIpc) is 2.91. The average molecular weight is 215 g/mol. The van der Waals surface area contributed by atoms with E-state index in [1.165, 1.54) is 41.8 Å². The Morgan fingerprint density at radius 1 is 1.12 bits per heavy atom. The molecule has 0 aliphatic heterocycles. The van der Waals surface area contributed by atoms with Crippen molar-refractivity contribution >= 4 is 5.69 Å². The molecule has 0 saturated heterocycles. The van der Waals surface area contributed by atoms with E-state index >= 15 is 0 Å². The summed E-state index contributed by atoms with van der Waals surface area (Å²) in [4.78, 5) is 1.41. The summed E-state index contributed by atoms with van der Waals surface area (Å²) in [5.74, 6) is 3.68. The highest BCUT2D eigenvalue weighted by molar-refractivity contribution is 5.41. The predicted molar refractivity (Wildman–Crippen MR) is 66.7 cm³/mol. The summed E-state index contributed by atoms with van der Waals surface area (Å²) in [5.41, 5.74) is 2.89. The maximum atomic E-state index is 2.33. The van der Waals surface area contributed by atoms with Crippen LogP contribution in [0.2, 0.25) is 0 Å². The van der Waals surface area contributed by atoms with Crippen molar-refractivity contribution in [3.8, 4) is 0 Å². The molecule has 16 heavy (non-hydrogen) atoms. The topological polar surface area (TPSA) is 4.44 Å². The first-order valence-corrected chi connectivity index (χ1v) is 6.50. The zero-order valence-electron chi connectivity index (χ0n) is 10.3. The SMILES string of the molecule is C[NH+](C)c1ccc([C+]2CC3CCC2C3)cc1. The Balaban J connectivity index is 1.80. The van der Waals surface area contributed by atoms with Gasteiger partial charge in [-0.25, -0.2) is 0 Å². The first kappa shape index (κ1) is 10.2. The zero-order valence-corrected chi connectivity index (χ0v) is 10.3. The van der Waals surface area contributed by atoms with E-state index < -0.39 is 0 Å². The van der Waals surface area contributed by atoms with E-state index in [1.54, 1.807) is 5.92 Å². The second-order valence-electron chi connectivity index (χ2n) is 5.68. The lowest BCUT2D eigenvalue weighted by Crippen LogP contribution is -3.00. The highest BCUT2D eigenvalue weighted by Gasteiger charge is 2.44. The summed E-state index contributed by atoms with van der Waals surface area (Å²) in [6, 6.07) is 9.23. The van der Waals surface area contributed by atoms with Gasteiger partial charge >= 0.3 is 0 Å². The van der Waals surface area contributed by atoms with Gasteiger partial charge in [-0.05, 0) is 25.2 Å². The van der Waals surface area contributed by atoms with Gasteiger partial charge in [0.05, 0.1) is 38.4 Å². The van der Waals surface area contributed by atoms with Gasteiger partial charge in [0, 0.05) is 18.3 Å². The van der Waals surface area contributed by atoms with Crippen LogP contribution in [0.4, 0.5) is 5.69 Å². The van der Waals surface area contributed by atoms with Gasteiger partial charge in [-0.3, -0.25) is 0 Å². The van der Waals surface area contributed by atoms with Crippen LogP contribution >= 0.6 is 0 Å². The number of rotatable bonds is 2. The molecular formula is C15H21N+2. The lowest BCUT2D eigenvalue weighted by molar-refractivity contribution is -0.786. The van der Waals surface area contributed by atoms with Crippen LogP contribution in [-0.2, 0) is 0 Å². The Morgan fingerprint density at radius 2 is 1.88 bits per heavy atom. The van der Waals surface area contributed by atoms with Crippen molar-refractivity contribution in [2.45, 2.75) is 25.7 Å². The van der Waals surface area contributed by atoms with E-state index in [4.69, 9.17) is 0 Å². The molecule has 1 heteroatoms. The van der Waals surface area contributed by atoms with E-state index in [2.05, 4.69) is 38.4 Å². The summed E-state index contributed by atoms with van der Waals surface area (Å²) in [6.45, 7) is 0. The van der Waals surface area contributed by atoms with Gasteiger partial charge in [0.2, 0.25) is 0 Å². The molecule has 1 nitrogen and oxygen atoms in total. The normalized spacial score (nSPS) is 28.1.